The third-order valence-electron chi connectivity index (χ3n) is 2.82. The first kappa shape index (κ1) is 13.7. The van der Waals surface area contributed by atoms with Crippen LogP contribution in [0, 0.1) is 5.92 Å². The topological polar surface area (TPSA) is 67.1 Å². The fraction of sp³-hybridized carbons (Fsp3) is 0.667. The van der Waals surface area contributed by atoms with Crippen molar-refractivity contribution >= 4 is 11.6 Å². The van der Waals surface area contributed by atoms with Crippen molar-refractivity contribution in [1.29, 1.82) is 0 Å². The number of nitrogens with one attached hydrogen (secondary N) is 1. The first-order valence-corrected chi connectivity index (χ1v) is 6.11. The first-order valence-electron chi connectivity index (χ1n) is 6.11. The van der Waals surface area contributed by atoms with E-state index in [9.17, 15) is 0 Å². The van der Waals surface area contributed by atoms with Crippen LogP contribution in [0.4, 0.5) is 11.6 Å². The summed E-state index contributed by atoms with van der Waals surface area (Å²) in [7, 11) is 2.06. The van der Waals surface area contributed by atoms with E-state index in [1.807, 2.05) is 0 Å². The molecule has 0 saturated heterocycles. The van der Waals surface area contributed by atoms with Crippen molar-refractivity contribution < 1.29 is 0 Å². The molecule has 17 heavy (non-hydrogen) atoms. The molecule has 5 heteroatoms. The lowest BCUT2D eigenvalue weighted by Gasteiger charge is -2.22. The van der Waals surface area contributed by atoms with E-state index < -0.39 is 0 Å². The molecule has 0 atom stereocenters. The molecule has 0 spiro atoms. The average molecular weight is 237 g/mol. The molecule has 0 aliphatic heterocycles. The van der Waals surface area contributed by atoms with Crippen molar-refractivity contribution in [3.63, 3.8) is 0 Å². The molecule has 1 aromatic heterocycles. The van der Waals surface area contributed by atoms with Crippen LogP contribution in [-0.4, -0.2) is 23.6 Å². The monoisotopic (exact) mass is 237 g/mol. The van der Waals surface area contributed by atoms with Gasteiger partial charge in [-0.3, -0.25) is 0 Å². The van der Waals surface area contributed by atoms with Gasteiger partial charge in [0.25, 0.3) is 0 Å². The summed E-state index contributed by atoms with van der Waals surface area (Å²) in [6.45, 7) is 7.52. The average Bonchev–Trinajstić information content (AvgIpc) is 2.34. The zero-order valence-corrected chi connectivity index (χ0v) is 11.2. The number of aromatic nitrogens is 2. The molecule has 96 valence electrons. The number of hydrogen-bond acceptors (Lipinski definition) is 5. The molecule has 0 aromatic carbocycles. The lowest BCUT2D eigenvalue weighted by molar-refractivity contribution is 0.583. The molecule has 0 fully saturated rings. The third kappa shape index (κ3) is 3.56. The first-order chi connectivity index (χ1) is 8.10. The second-order valence-corrected chi connectivity index (χ2v) is 4.63. The summed E-state index contributed by atoms with van der Waals surface area (Å²) in [5, 5.41) is 0. The summed E-state index contributed by atoms with van der Waals surface area (Å²) in [5.74, 6) is 7.83. The van der Waals surface area contributed by atoms with Crippen molar-refractivity contribution in [3.8, 4) is 0 Å². The van der Waals surface area contributed by atoms with Gasteiger partial charge in [-0.2, -0.15) is 0 Å². The highest BCUT2D eigenvalue weighted by Gasteiger charge is 2.12. The van der Waals surface area contributed by atoms with Crippen LogP contribution in [0.25, 0.3) is 0 Å². The summed E-state index contributed by atoms with van der Waals surface area (Å²) in [5.41, 5.74) is 3.70. The zero-order chi connectivity index (χ0) is 12.8. The number of nitrogens with two attached hydrogens (primary N) is 1. The number of nitrogen functional groups attached to an aromatic ring is 1. The van der Waals surface area contributed by atoms with E-state index in [2.05, 4.69) is 48.1 Å². The van der Waals surface area contributed by atoms with E-state index in [-0.39, 0.29) is 0 Å². The van der Waals surface area contributed by atoms with Crippen molar-refractivity contribution in [3.05, 3.63) is 11.9 Å². The van der Waals surface area contributed by atoms with Gasteiger partial charge >= 0.3 is 0 Å². The van der Waals surface area contributed by atoms with Crippen LogP contribution in [0.2, 0.25) is 0 Å². The highest BCUT2D eigenvalue weighted by molar-refractivity contribution is 5.57. The Hall–Kier alpha value is -1.36. The van der Waals surface area contributed by atoms with Gasteiger partial charge in [-0.15, -0.1) is 0 Å². The summed E-state index contributed by atoms with van der Waals surface area (Å²) in [4.78, 5) is 10.7. The molecule has 0 aliphatic rings. The van der Waals surface area contributed by atoms with E-state index >= 15 is 0 Å². The van der Waals surface area contributed by atoms with Crippen LogP contribution in [0.15, 0.2) is 6.33 Å². The minimum atomic E-state index is 0.691. The Balaban J connectivity index is 2.88. The molecular weight excluding hydrogens is 214 g/mol. The van der Waals surface area contributed by atoms with E-state index in [1.54, 1.807) is 6.33 Å². The second kappa shape index (κ2) is 6.39. The van der Waals surface area contributed by atoms with Crippen LogP contribution in [0.1, 0.15) is 32.8 Å². The van der Waals surface area contributed by atoms with Gasteiger partial charge < -0.3 is 10.3 Å². The Bertz CT molecular complexity index is 351. The van der Waals surface area contributed by atoms with E-state index in [1.165, 1.54) is 0 Å². The highest BCUT2D eigenvalue weighted by Crippen LogP contribution is 2.22. The molecule has 1 heterocycles. The van der Waals surface area contributed by atoms with E-state index in [4.69, 9.17) is 5.84 Å². The molecule has 0 unspecified atom stereocenters. The van der Waals surface area contributed by atoms with Crippen molar-refractivity contribution in [2.45, 2.75) is 33.6 Å². The SMILES string of the molecule is CCc1c(NN)ncnc1N(C)CCC(C)C. The van der Waals surface area contributed by atoms with Gasteiger partial charge in [-0.05, 0) is 18.8 Å². The summed E-state index contributed by atoms with van der Waals surface area (Å²) in [6.07, 6.45) is 3.56. The van der Waals surface area contributed by atoms with Gasteiger partial charge in [0.15, 0.2) is 0 Å². The zero-order valence-electron chi connectivity index (χ0n) is 11.2. The molecule has 1 rings (SSSR count). The summed E-state index contributed by atoms with van der Waals surface area (Å²) < 4.78 is 0. The Labute approximate surface area is 103 Å². The van der Waals surface area contributed by atoms with Gasteiger partial charge in [0.1, 0.15) is 18.0 Å². The summed E-state index contributed by atoms with van der Waals surface area (Å²) >= 11 is 0. The Morgan fingerprint density at radius 2 is 2.12 bits per heavy atom. The molecule has 3 N–H and O–H groups in total. The minimum absolute atomic E-state index is 0.691. The maximum absolute atomic E-state index is 5.46. The quantitative estimate of drug-likeness (QED) is 0.583. The van der Waals surface area contributed by atoms with Gasteiger partial charge in [0.2, 0.25) is 0 Å². The molecule has 0 amide bonds. The number of hydrogen-bond donors (Lipinski definition) is 2. The maximum atomic E-state index is 5.46. The molecule has 0 radical (unpaired) electrons. The van der Waals surface area contributed by atoms with Crippen LogP contribution in [-0.2, 0) is 6.42 Å². The third-order valence-corrected chi connectivity index (χ3v) is 2.82. The van der Waals surface area contributed by atoms with E-state index in [0.717, 1.165) is 30.8 Å². The minimum Gasteiger partial charge on any atom is -0.359 e. The number of anilines is 2. The molecule has 0 aliphatic carbocycles. The Morgan fingerprint density at radius 1 is 1.41 bits per heavy atom. The smallest absolute Gasteiger partial charge is 0.148 e. The van der Waals surface area contributed by atoms with Gasteiger partial charge in [-0.25, -0.2) is 15.8 Å². The normalized spacial score (nSPS) is 10.7. The number of hydrazine groups is 1. The second-order valence-electron chi connectivity index (χ2n) is 4.63. The molecule has 0 saturated carbocycles. The lowest BCUT2D eigenvalue weighted by Crippen LogP contribution is -2.24. The summed E-state index contributed by atoms with van der Waals surface area (Å²) in [6, 6.07) is 0. The van der Waals surface area contributed by atoms with Crippen molar-refractivity contribution in [1.82, 2.24) is 9.97 Å². The predicted molar refractivity (Wildman–Crippen MR) is 71.9 cm³/mol. The molecule has 0 bridgehead atoms. The molecule has 5 nitrogen and oxygen atoms in total. The highest BCUT2D eigenvalue weighted by atomic mass is 15.3. The predicted octanol–water partition coefficient (Wildman–Crippen LogP) is 1.81. The van der Waals surface area contributed by atoms with Crippen LogP contribution in [0.5, 0.6) is 0 Å². The van der Waals surface area contributed by atoms with Crippen molar-refractivity contribution in [2.75, 3.05) is 23.9 Å². The van der Waals surface area contributed by atoms with Crippen molar-refractivity contribution in [2.24, 2.45) is 11.8 Å². The molecule has 1 aromatic rings. The largest absolute Gasteiger partial charge is 0.359 e. The van der Waals surface area contributed by atoms with Crippen LogP contribution < -0.4 is 16.2 Å². The maximum Gasteiger partial charge on any atom is 0.148 e. The Morgan fingerprint density at radius 3 is 2.65 bits per heavy atom. The van der Waals surface area contributed by atoms with Crippen LogP contribution in [0.3, 0.4) is 0 Å². The lowest BCUT2D eigenvalue weighted by atomic mass is 10.1. The standard InChI is InChI=1S/C12H23N5/c1-5-10-11(16-13)14-8-15-12(10)17(4)7-6-9(2)3/h8-9H,5-7,13H2,1-4H3,(H,14,15,16). The fourth-order valence-corrected chi connectivity index (χ4v) is 1.74. The fourth-order valence-electron chi connectivity index (χ4n) is 1.74. The molecular formula is C12H23N5. The van der Waals surface area contributed by atoms with Gasteiger partial charge in [0, 0.05) is 19.2 Å². The van der Waals surface area contributed by atoms with Gasteiger partial charge in [-0.1, -0.05) is 20.8 Å². The van der Waals surface area contributed by atoms with E-state index in [0.29, 0.717) is 11.7 Å². The van der Waals surface area contributed by atoms with Crippen LogP contribution >= 0.6 is 0 Å². The Kier molecular flexibility index (Phi) is 5.15. The number of rotatable bonds is 6. The number of nitrogens with zero attached hydrogens (tertiary/aromatic N) is 3. The van der Waals surface area contributed by atoms with Gasteiger partial charge in [0.05, 0.1) is 0 Å².